The zero-order valence-electron chi connectivity index (χ0n) is 17.4. The van der Waals surface area contributed by atoms with Crippen molar-refractivity contribution in [2.45, 2.75) is 50.0 Å². The van der Waals surface area contributed by atoms with Crippen LogP contribution in [0.5, 0.6) is 5.75 Å². The predicted molar refractivity (Wildman–Crippen MR) is 115 cm³/mol. The van der Waals surface area contributed by atoms with Gasteiger partial charge in [0.05, 0.1) is 12.7 Å². The van der Waals surface area contributed by atoms with Crippen molar-refractivity contribution in [2.75, 3.05) is 6.61 Å². The second kappa shape index (κ2) is 9.98. The van der Waals surface area contributed by atoms with Crippen molar-refractivity contribution in [3.05, 3.63) is 65.7 Å². The van der Waals surface area contributed by atoms with Crippen LogP contribution in [0, 0.1) is 23.7 Å². The first-order valence-electron chi connectivity index (χ1n) is 10.0. The monoisotopic (exact) mass is 422 g/mol. The van der Waals surface area contributed by atoms with Crippen LogP contribution in [0.2, 0.25) is 0 Å². The first-order chi connectivity index (χ1) is 14.8. The summed E-state index contributed by atoms with van der Waals surface area (Å²) in [6, 6.07) is 16.0. The average molecular weight is 422 g/mol. The summed E-state index contributed by atoms with van der Waals surface area (Å²) < 4.78 is 11.3. The van der Waals surface area contributed by atoms with Crippen LogP contribution in [0.1, 0.15) is 25.0 Å². The normalized spacial score (nSPS) is 27.6. The van der Waals surface area contributed by atoms with Crippen molar-refractivity contribution in [1.82, 2.24) is 0 Å². The summed E-state index contributed by atoms with van der Waals surface area (Å²) in [5, 5.41) is 41.6. The maximum atomic E-state index is 11.2. The van der Waals surface area contributed by atoms with Gasteiger partial charge in [0.15, 0.2) is 11.7 Å². The molecule has 0 aromatic heterocycles. The fourth-order valence-electron chi connectivity index (χ4n) is 3.17. The number of rotatable bonds is 3. The van der Waals surface area contributed by atoms with Gasteiger partial charge in [-0.2, -0.15) is 0 Å². The lowest BCUT2D eigenvalue weighted by Gasteiger charge is -2.43. The lowest BCUT2D eigenvalue weighted by atomic mass is 9.82. The second-order valence-corrected chi connectivity index (χ2v) is 7.58. The fraction of sp³-hybridized carbons (Fsp3) is 0.360. The van der Waals surface area contributed by atoms with E-state index in [1.807, 2.05) is 26.0 Å². The lowest BCUT2D eigenvalue weighted by molar-refractivity contribution is -0.239. The molecule has 2 aromatic carbocycles. The van der Waals surface area contributed by atoms with E-state index >= 15 is 0 Å². The summed E-state index contributed by atoms with van der Waals surface area (Å²) in [6.07, 6.45) is -5.59. The Hall–Kier alpha value is -2.84. The maximum absolute atomic E-state index is 11.2. The minimum Gasteiger partial charge on any atom is -0.491 e. The summed E-state index contributed by atoms with van der Waals surface area (Å²) in [7, 11) is 0. The van der Waals surface area contributed by atoms with Gasteiger partial charge in [-0.15, -0.1) is 0 Å². The van der Waals surface area contributed by atoms with E-state index in [0.29, 0.717) is 16.9 Å². The van der Waals surface area contributed by atoms with Crippen molar-refractivity contribution < 1.29 is 29.9 Å². The molecule has 0 unspecified atom stereocenters. The van der Waals surface area contributed by atoms with E-state index in [0.717, 1.165) is 0 Å². The minimum atomic E-state index is -2.17. The summed E-state index contributed by atoms with van der Waals surface area (Å²) in [4.78, 5) is 0. The van der Waals surface area contributed by atoms with E-state index in [4.69, 9.17) is 9.47 Å². The molecule has 0 amide bonds. The first-order valence-corrected chi connectivity index (χ1v) is 10.0. The highest BCUT2D eigenvalue weighted by atomic mass is 16.5. The van der Waals surface area contributed by atoms with Crippen molar-refractivity contribution in [2.24, 2.45) is 0 Å². The smallest absolute Gasteiger partial charge is 0.191 e. The molecule has 0 radical (unpaired) electrons. The molecule has 0 spiro atoms. The molecule has 5 atom stereocenters. The third-order valence-electron chi connectivity index (χ3n) is 4.78. The molecular weight excluding hydrogens is 396 g/mol. The van der Waals surface area contributed by atoms with Crippen molar-refractivity contribution >= 4 is 0 Å². The summed E-state index contributed by atoms with van der Waals surface area (Å²) >= 11 is 0. The van der Waals surface area contributed by atoms with Gasteiger partial charge < -0.3 is 29.9 Å². The highest BCUT2D eigenvalue weighted by Gasteiger charge is 2.53. The molecule has 6 heteroatoms. The second-order valence-electron chi connectivity index (χ2n) is 7.58. The van der Waals surface area contributed by atoms with E-state index in [-0.39, 0.29) is 6.10 Å². The molecule has 1 aliphatic rings. The van der Waals surface area contributed by atoms with Gasteiger partial charge in [-0.25, -0.2) is 0 Å². The van der Waals surface area contributed by atoms with Gasteiger partial charge in [0.2, 0.25) is 0 Å². The largest absolute Gasteiger partial charge is 0.491 e. The summed E-state index contributed by atoms with van der Waals surface area (Å²) in [5.41, 5.74) is -0.937. The molecule has 1 aliphatic heterocycles. The van der Waals surface area contributed by atoms with Crippen molar-refractivity contribution in [3.8, 4) is 29.4 Å². The molecule has 1 fully saturated rings. The Kier molecular flexibility index (Phi) is 7.35. The van der Waals surface area contributed by atoms with E-state index in [1.54, 1.807) is 42.5 Å². The number of aliphatic hydroxyl groups is 4. The standard InChI is InChI=1S/C25H26O6/c1-17(2)30-20-10-6-9-19(15-20)11-12-22-25(29,14-13-18-7-4-3-5-8-18)24(28)23(27)21(16-26)31-22/h3-10,15,17,21-24,26-29H,16H2,1-2H3/t21-,22-,23-,24+,25-/m1/s1. The zero-order valence-corrected chi connectivity index (χ0v) is 17.4. The molecule has 4 N–H and O–H groups in total. The number of ether oxygens (including phenoxy) is 2. The molecule has 2 aromatic rings. The Balaban J connectivity index is 1.95. The Bertz CT molecular complexity index is 997. The van der Waals surface area contributed by atoms with Crippen LogP contribution >= 0.6 is 0 Å². The number of hydrogen-bond acceptors (Lipinski definition) is 6. The number of benzene rings is 2. The third kappa shape index (κ3) is 5.45. The van der Waals surface area contributed by atoms with Crippen LogP contribution < -0.4 is 4.74 Å². The summed E-state index contributed by atoms with van der Waals surface area (Å²) in [6.45, 7) is 3.29. The topological polar surface area (TPSA) is 99.4 Å². The Morgan fingerprint density at radius 1 is 1.03 bits per heavy atom. The SMILES string of the molecule is CC(C)Oc1cccc(C#C[C@H]2O[C@H](CO)[C@@H](O)[C@H](O)[C@@]2(O)C#Cc2ccccc2)c1. The van der Waals surface area contributed by atoms with Gasteiger partial charge in [0.1, 0.15) is 24.1 Å². The van der Waals surface area contributed by atoms with Gasteiger partial charge in [0.25, 0.3) is 0 Å². The number of hydrogen-bond donors (Lipinski definition) is 4. The minimum absolute atomic E-state index is 0.00480. The molecule has 3 rings (SSSR count). The van der Waals surface area contributed by atoms with Crippen LogP contribution in [-0.2, 0) is 4.74 Å². The van der Waals surface area contributed by atoms with Crippen LogP contribution in [0.15, 0.2) is 54.6 Å². The molecule has 1 heterocycles. The molecule has 0 saturated carbocycles. The Morgan fingerprint density at radius 2 is 1.74 bits per heavy atom. The van der Waals surface area contributed by atoms with Gasteiger partial charge >= 0.3 is 0 Å². The van der Waals surface area contributed by atoms with Crippen LogP contribution in [0.4, 0.5) is 0 Å². The Labute approximate surface area is 182 Å². The van der Waals surface area contributed by atoms with E-state index in [9.17, 15) is 20.4 Å². The van der Waals surface area contributed by atoms with Gasteiger partial charge in [-0.3, -0.25) is 0 Å². The van der Waals surface area contributed by atoms with Crippen LogP contribution in [-0.4, -0.2) is 63.2 Å². The van der Waals surface area contributed by atoms with E-state index in [1.165, 1.54) is 0 Å². The van der Waals surface area contributed by atoms with E-state index < -0.39 is 36.6 Å². The highest BCUT2D eigenvalue weighted by Crippen LogP contribution is 2.30. The van der Waals surface area contributed by atoms with E-state index in [2.05, 4.69) is 23.7 Å². The Morgan fingerprint density at radius 3 is 2.42 bits per heavy atom. The predicted octanol–water partition coefficient (Wildman–Crippen LogP) is 1.09. The third-order valence-corrected chi connectivity index (χ3v) is 4.78. The molecule has 162 valence electrons. The first kappa shape index (κ1) is 22.8. The molecule has 6 nitrogen and oxygen atoms in total. The lowest BCUT2D eigenvalue weighted by Crippen LogP contribution is -2.65. The zero-order chi connectivity index (χ0) is 22.4. The van der Waals surface area contributed by atoms with Gasteiger partial charge in [-0.05, 0) is 44.2 Å². The average Bonchev–Trinajstić information content (AvgIpc) is 2.76. The molecular formula is C25H26O6. The molecule has 31 heavy (non-hydrogen) atoms. The highest BCUT2D eigenvalue weighted by molar-refractivity contribution is 5.43. The van der Waals surface area contributed by atoms with Crippen LogP contribution in [0.3, 0.4) is 0 Å². The molecule has 0 aliphatic carbocycles. The molecule has 1 saturated heterocycles. The van der Waals surface area contributed by atoms with Crippen molar-refractivity contribution in [3.63, 3.8) is 0 Å². The molecule has 0 bridgehead atoms. The number of aliphatic hydroxyl groups excluding tert-OH is 3. The van der Waals surface area contributed by atoms with Crippen molar-refractivity contribution in [1.29, 1.82) is 0 Å². The van der Waals surface area contributed by atoms with Gasteiger partial charge in [-0.1, -0.05) is 47.9 Å². The summed E-state index contributed by atoms with van der Waals surface area (Å²) in [5.74, 6) is 11.8. The quantitative estimate of drug-likeness (QED) is 0.553. The van der Waals surface area contributed by atoms with Gasteiger partial charge in [0, 0.05) is 11.1 Å². The maximum Gasteiger partial charge on any atom is 0.191 e. The fourth-order valence-corrected chi connectivity index (χ4v) is 3.17. The van der Waals surface area contributed by atoms with Crippen LogP contribution in [0.25, 0.3) is 0 Å².